The summed E-state index contributed by atoms with van der Waals surface area (Å²) in [5, 5.41) is 19.4. The van der Waals surface area contributed by atoms with Crippen LogP contribution in [-0.2, 0) is 4.79 Å². The number of amides is 1. The molecule has 0 aromatic carbocycles. The Bertz CT molecular complexity index is 854. The maximum atomic E-state index is 12.4. The van der Waals surface area contributed by atoms with E-state index in [4.69, 9.17) is 9.78 Å². The standard InChI is InChI=1S/C19H25N7O2/c1-13-6-7-14(10-21-13)17-24-18(28-25-17)22-12-19(2,3)23-11-16(27)26-8-4-5-15(26)9-20/h6-7,10,15,23H,4-5,8,11-12H2,1-3H3,(H,22,24,25)/t15-/m0/s1. The van der Waals surface area contributed by atoms with Gasteiger partial charge in [-0.05, 0) is 45.7 Å². The third-order valence-electron chi connectivity index (χ3n) is 4.72. The molecule has 28 heavy (non-hydrogen) atoms. The largest absolute Gasteiger partial charge is 0.336 e. The normalized spacial score (nSPS) is 16.8. The zero-order chi connectivity index (χ0) is 20.1. The third-order valence-corrected chi connectivity index (χ3v) is 4.72. The molecule has 1 atom stereocenters. The van der Waals surface area contributed by atoms with Gasteiger partial charge in [0.1, 0.15) is 6.04 Å². The van der Waals surface area contributed by atoms with Crippen molar-refractivity contribution in [2.75, 3.05) is 25.0 Å². The van der Waals surface area contributed by atoms with Crippen LogP contribution < -0.4 is 10.6 Å². The van der Waals surface area contributed by atoms with Crippen molar-refractivity contribution in [3.8, 4) is 17.5 Å². The summed E-state index contributed by atoms with van der Waals surface area (Å²) in [6.07, 6.45) is 3.34. The molecule has 2 aromatic rings. The Kier molecular flexibility index (Phi) is 5.90. The quantitative estimate of drug-likeness (QED) is 0.742. The number of hydrogen-bond donors (Lipinski definition) is 2. The van der Waals surface area contributed by atoms with Gasteiger partial charge in [0.2, 0.25) is 11.7 Å². The number of carbonyl (C=O) groups is 1. The van der Waals surface area contributed by atoms with E-state index in [1.54, 1.807) is 11.1 Å². The lowest BCUT2D eigenvalue weighted by atomic mass is 10.1. The summed E-state index contributed by atoms with van der Waals surface area (Å²) in [5.74, 6) is 0.414. The molecule has 0 unspecified atom stereocenters. The van der Waals surface area contributed by atoms with Crippen LogP contribution in [0.25, 0.3) is 11.4 Å². The average Bonchev–Trinajstić information content (AvgIpc) is 3.34. The van der Waals surface area contributed by atoms with Crippen LogP contribution in [0.4, 0.5) is 6.01 Å². The van der Waals surface area contributed by atoms with Crippen molar-refractivity contribution in [2.45, 2.75) is 45.2 Å². The van der Waals surface area contributed by atoms with Gasteiger partial charge in [-0.2, -0.15) is 10.2 Å². The second-order valence-electron chi connectivity index (χ2n) is 7.58. The second-order valence-corrected chi connectivity index (χ2v) is 7.58. The van der Waals surface area contributed by atoms with E-state index >= 15 is 0 Å². The highest BCUT2D eigenvalue weighted by Crippen LogP contribution is 2.18. The highest BCUT2D eigenvalue weighted by Gasteiger charge is 2.29. The molecule has 9 nitrogen and oxygen atoms in total. The molecule has 0 aliphatic carbocycles. The maximum Gasteiger partial charge on any atom is 0.321 e. The highest BCUT2D eigenvalue weighted by molar-refractivity contribution is 5.79. The monoisotopic (exact) mass is 383 g/mol. The Labute approximate surface area is 164 Å². The van der Waals surface area contributed by atoms with Crippen LogP contribution in [0.1, 0.15) is 32.4 Å². The van der Waals surface area contributed by atoms with Crippen LogP contribution in [0.15, 0.2) is 22.9 Å². The first-order valence-electron chi connectivity index (χ1n) is 9.33. The molecule has 3 heterocycles. The molecule has 1 aliphatic rings. The van der Waals surface area contributed by atoms with Crippen molar-refractivity contribution >= 4 is 11.9 Å². The molecule has 2 N–H and O–H groups in total. The molecule has 1 saturated heterocycles. The summed E-state index contributed by atoms with van der Waals surface area (Å²) in [6, 6.07) is 5.97. The van der Waals surface area contributed by atoms with E-state index < -0.39 is 5.54 Å². The van der Waals surface area contributed by atoms with E-state index in [1.807, 2.05) is 32.9 Å². The van der Waals surface area contributed by atoms with Gasteiger partial charge in [-0.25, -0.2) is 0 Å². The van der Waals surface area contributed by atoms with E-state index in [0.717, 1.165) is 24.1 Å². The first kappa shape index (κ1) is 19.8. The van der Waals surface area contributed by atoms with Crippen molar-refractivity contribution in [3.63, 3.8) is 0 Å². The molecule has 1 amide bonds. The summed E-state index contributed by atoms with van der Waals surface area (Å²) in [5.41, 5.74) is 1.31. The second kappa shape index (κ2) is 8.35. The molecule has 0 bridgehead atoms. The fraction of sp³-hybridized carbons (Fsp3) is 0.526. The third kappa shape index (κ3) is 4.84. The molecule has 0 saturated carbocycles. The minimum absolute atomic E-state index is 0.0518. The van der Waals surface area contributed by atoms with Gasteiger partial charge in [0.05, 0.1) is 12.6 Å². The van der Waals surface area contributed by atoms with Gasteiger partial charge in [-0.15, -0.1) is 0 Å². The van der Waals surface area contributed by atoms with Gasteiger partial charge in [-0.1, -0.05) is 5.16 Å². The summed E-state index contributed by atoms with van der Waals surface area (Å²) >= 11 is 0. The molecule has 1 fully saturated rings. The van der Waals surface area contributed by atoms with Crippen LogP contribution in [0.5, 0.6) is 0 Å². The summed E-state index contributed by atoms with van der Waals surface area (Å²) in [7, 11) is 0. The SMILES string of the molecule is Cc1ccc(-c2noc(NCC(C)(C)NCC(=O)N3CCC[C@H]3C#N)n2)cn1. The van der Waals surface area contributed by atoms with Crippen LogP contribution >= 0.6 is 0 Å². The van der Waals surface area contributed by atoms with E-state index in [-0.39, 0.29) is 18.5 Å². The van der Waals surface area contributed by atoms with Gasteiger partial charge in [0.25, 0.3) is 0 Å². The van der Waals surface area contributed by atoms with Crippen molar-refractivity contribution in [3.05, 3.63) is 24.0 Å². The lowest BCUT2D eigenvalue weighted by Crippen LogP contribution is -2.50. The Balaban J connectivity index is 1.50. The van der Waals surface area contributed by atoms with E-state index in [2.05, 4.69) is 31.8 Å². The molecular weight excluding hydrogens is 358 g/mol. The molecule has 9 heteroatoms. The number of pyridine rings is 1. The van der Waals surface area contributed by atoms with Crippen molar-refractivity contribution in [1.82, 2.24) is 25.3 Å². The number of nitriles is 1. The van der Waals surface area contributed by atoms with E-state index in [1.165, 1.54) is 0 Å². The van der Waals surface area contributed by atoms with Gasteiger partial charge in [0, 0.05) is 36.1 Å². The van der Waals surface area contributed by atoms with Crippen molar-refractivity contribution < 1.29 is 9.32 Å². The van der Waals surface area contributed by atoms with Gasteiger partial charge in [0.15, 0.2) is 0 Å². The van der Waals surface area contributed by atoms with Crippen LogP contribution in [0.2, 0.25) is 0 Å². The van der Waals surface area contributed by atoms with E-state index in [0.29, 0.717) is 24.9 Å². The smallest absolute Gasteiger partial charge is 0.321 e. The minimum atomic E-state index is -0.391. The number of nitrogens with one attached hydrogen (secondary N) is 2. The molecule has 0 radical (unpaired) electrons. The summed E-state index contributed by atoms with van der Waals surface area (Å²) in [4.78, 5) is 22.6. The number of anilines is 1. The van der Waals surface area contributed by atoms with Crippen molar-refractivity contribution in [1.29, 1.82) is 5.26 Å². The lowest BCUT2D eigenvalue weighted by molar-refractivity contribution is -0.130. The maximum absolute atomic E-state index is 12.4. The molecule has 2 aromatic heterocycles. The predicted molar refractivity (Wildman–Crippen MR) is 103 cm³/mol. The fourth-order valence-electron chi connectivity index (χ4n) is 2.99. The highest BCUT2D eigenvalue weighted by atomic mass is 16.5. The molecule has 3 rings (SSSR count). The molecule has 0 spiro atoms. The van der Waals surface area contributed by atoms with Crippen LogP contribution in [0, 0.1) is 18.3 Å². The molecule has 1 aliphatic heterocycles. The van der Waals surface area contributed by atoms with Crippen LogP contribution in [0.3, 0.4) is 0 Å². The Morgan fingerprint density at radius 2 is 2.29 bits per heavy atom. The van der Waals surface area contributed by atoms with Crippen LogP contribution in [-0.4, -0.2) is 57.1 Å². The number of aryl methyl sites for hydroxylation is 1. The fourth-order valence-corrected chi connectivity index (χ4v) is 2.99. The number of aromatic nitrogens is 3. The summed E-state index contributed by atoms with van der Waals surface area (Å²) in [6.45, 7) is 7.17. The number of carbonyl (C=O) groups excluding carboxylic acids is 1. The zero-order valence-corrected chi connectivity index (χ0v) is 16.4. The Hall–Kier alpha value is -2.99. The topological polar surface area (TPSA) is 120 Å². The average molecular weight is 383 g/mol. The lowest BCUT2D eigenvalue weighted by Gasteiger charge is -2.28. The molecule has 148 valence electrons. The Morgan fingerprint density at radius 1 is 1.46 bits per heavy atom. The van der Waals surface area contributed by atoms with Gasteiger partial charge >= 0.3 is 6.01 Å². The molecular formula is C19H25N7O2. The number of rotatable bonds is 7. The van der Waals surface area contributed by atoms with Gasteiger partial charge in [-0.3, -0.25) is 9.78 Å². The number of hydrogen-bond acceptors (Lipinski definition) is 8. The first-order valence-corrected chi connectivity index (χ1v) is 9.33. The zero-order valence-electron chi connectivity index (χ0n) is 16.4. The predicted octanol–water partition coefficient (Wildman–Crippen LogP) is 1.73. The number of nitrogens with zero attached hydrogens (tertiary/aromatic N) is 5. The Morgan fingerprint density at radius 3 is 3.00 bits per heavy atom. The summed E-state index contributed by atoms with van der Waals surface area (Å²) < 4.78 is 5.24. The van der Waals surface area contributed by atoms with E-state index in [9.17, 15) is 4.79 Å². The van der Waals surface area contributed by atoms with Gasteiger partial charge < -0.3 is 20.1 Å². The first-order chi connectivity index (χ1) is 13.4. The minimum Gasteiger partial charge on any atom is -0.336 e. The number of likely N-dealkylation sites (tertiary alicyclic amines) is 1. The van der Waals surface area contributed by atoms with Crippen molar-refractivity contribution in [2.24, 2.45) is 0 Å².